The summed E-state index contributed by atoms with van der Waals surface area (Å²) < 4.78 is 18.5. The van der Waals surface area contributed by atoms with Crippen molar-refractivity contribution >= 4 is 23.3 Å². The van der Waals surface area contributed by atoms with Gasteiger partial charge in [0.15, 0.2) is 0 Å². The quantitative estimate of drug-likeness (QED) is 0.867. The van der Waals surface area contributed by atoms with Gasteiger partial charge in [0.2, 0.25) is 6.10 Å². The van der Waals surface area contributed by atoms with Crippen molar-refractivity contribution in [3.63, 3.8) is 0 Å². The molecule has 1 atom stereocenters. The van der Waals surface area contributed by atoms with Crippen LogP contribution in [0.25, 0.3) is 0 Å². The fraction of sp³-hybridized carbons (Fsp3) is 0.167. The maximum atomic E-state index is 13.8. The smallest absolute Gasteiger partial charge is 0.339 e. The topological polar surface area (TPSA) is 77.0 Å². The average Bonchev–Trinajstić information content (AvgIpc) is 3.12. The molecule has 0 aromatic heterocycles. The Morgan fingerprint density at radius 3 is 2.68 bits per heavy atom. The first kappa shape index (κ1) is 16.6. The van der Waals surface area contributed by atoms with Gasteiger partial charge in [0, 0.05) is 12.0 Å². The first-order chi connectivity index (χ1) is 12.1. The minimum absolute atomic E-state index is 0.132. The van der Waals surface area contributed by atoms with Gasteiger partial charge >= 0.3 is 5.97 Å². The molecule has 2 aromatic carbocycles. The lowest BCUT2D eigenvalue weighted by molar-refractivity contribution is -0.125. The normalized spacial score (nSPS) is 15.9. The van der Waals surface area contributed by atoms with Gasteiger partial charge < -0.3 is 14.9 Å². The van der Waals surface area contributed by atoms with Crippen LogP contribution in [-0.4, -0.2) is 30.8 Å². The summed E-state index contributed by atoms with van der Waals surface area (Å²) in [6, 6.07) is 12.6. The molecule has 1 heterocycles. The molecule has 2 aromatic rings. The molecule has 6 nitrogen and oxygen atoms in total. The number of oxime groups is 1. The van der Waals surface area contributed by atoms with E-state index < -0.39 is 23.8 Å². The molecule has 0 fully saturated rings. The Morgan fingerprint density at radius 2 is 1.92 bits per heavy atom. The largest absolute Gasteiger partial charge is 0.465 e. The predicted octanol–water partition coefficient (Wildman–Crippen LogP) is 2.74. The predicted molar refractivity (Wildman–Crippen MR) is 88.8 cm³/mol. The molecule has 0 aliphatic carbocycles. The van der Waals surface area contributed by atoms with Gasteiger partial charge in [-0.1, -0.05) is 35.5 Å². The molecule has 1 aliphatic heterocycles. The monoisotopic (exact) mass is 342 g/mol. The molecule has 1 aliphatic rings. The van der Waals surface area contributed by atoms with Crippen molar-refractivity contribution in [3.8, 4) is 0 Å². The molecular weight excluding hydrogens is 327 g/mol. The summed E-state index contributed by atoms with van der Waals surface area (Å²) in [7, 11) is 1.26. The third-order valence-corrected chi connectivity index (χ3v) is 3.74. The molecule has 1 amide bonds. The molecule has 0 spiro atoms. The lowest BCUT2D eigenvalue weighted by Crippen LogP contribution is -2.29. The Hall–Kier alpha value is -3.22. The summed E-state index contributed by atoms with van der Waals surface area (Å²) >= 11 is 0. The number of ether oxygens (including phenoxy) is 1. The van der Waals surface area contributed by atoms with E-state index in [2.05, 4.69) is 15.2 Å². The number of carbonyl (C=O) groups excluding carboxylic acids is 2. The Labute approximate surface area is 143 Å². The van der Waals surface area contributed by atoms with Crippen LogP contribution in [0.1, 0.15) is 22.3 Å². The van der Waals surface area contributed by atoms with Gasteiger partial charge in [-0.2, -0.15) is 0 Å². The lowest BCUT2D eigenvalue weighted by Gasteiger charge is -2.12. The summed E-state index contributed by atoms with van der Waals surface area (Å²) in [4.78, 5) is 29.3. The third kappa shape index (κ3) is 3.50. The molecule has 3 rings (SSSR count). The number of hydrogen-bond donors (Lipinski definition) is 1. The van der Waals surface area contributed by atoms with E-state index in [1.165, 1.54) is 19.2 Å². The minimum Gasteiger partial charge on any atom is -0.465 e. The SMILES string of the molecule is COC(=O)c1ccccc1NC(=O)[C@H]1CC(c2ccccc2F)=NO1. The number of amides is 1. The molecule has 0 saturated heterocycles. The van der Waals surface area contributed by atoms with Gasteiger partial charge in [0.1, 0.15) is 5.82 Å². The molecule has 0 radical (unpaired) electrons. The highest BCUT2D eigenvalue weighted by Crippen LogP contribution is 2.22. The van der Waals surface area contributed by atoms with Crippen LogP contribution >= 0.6 is 0 Å². The number of nitrogens with zero attached hydrogens (tertiary/aromatic N) is 1. The summed E-state index contributed by atoms with van der Waals surface area (Å²) in [6.45, 7) is 0. The number of halogens is 1. The summed E-state index contributed by atoms with van der Waals surface area (Å²) in [5.41, 5.74) is 1.20. The second kappa shape index (κ2) is 7.12. The average molecular weight is 342 g/mol. The number of para-hydroxylation sites is 1. The summed E-state index contributed by atoms with van der Waals surface area (Å²) in [6.07, 6.45) is -0.770. The van der Waals surface area contributed by atoms with Crippen molar-refractivity contribution in [1.29, 1.82) is 0 Å². The van der Waals surface area contributed by atoms with Crippen LogP contribution in [0.15, 0.2) is 53.7 Å². The van der Waals surface area contributed by atoms with Crippen LogP contribution in [0.3, 0.4) is 0 Å². The van der Waals surface area contributed by atoms with Crippen molar-refractivity contribution in [1.82, 2.24) is 0 Å². The minimum atomic E-state index is -0.902. The van der Waals surface area contributed by atoms with Gasteiger partial charge in [-0.05, 0) is 18.2 Å². The Bertz CT molecular complexity index is 850. The molecule has 0 bridgehead atoms. The molecule has 1 N–H and O–H groups in total. The van der Waals surface area contributed by atoms with Crippen molar-refractivity contribution in [2.75, 3.05) is 12.4 Å². The van der Waals surface area contributed by atoms with E-state index in [9.17, 15) is 14.0 Å². The fourth-order valence-electron chi connectivity index (χ4n) is 2.47. The second-order valence-electron chi connectivity index (χ2n) is 5.34. The van der Waals surface area contributed by atoms with Crippen LogP contribution in [-0.2, 0) is 14.4 Å². The highest BCUT2D eigenvalue weighted by atomic mass is 19.1. The number of benzene rings is 2. The summed E-state index contributed by atoms with van der Waals surface area (Å²) in [5.74, 6) is -1.47. The van der Waals surface area contributed by atoms with Gasteiger partial charge in [-0.25, -0.2) is 9.18 Å². The number of anilines is 1. The third-order valence-electron chi connectivity index (χ3n) is 3.74. The van der Waals surface area contributed by atoms with Gasteiger partial charge in [-0.3, -0.25) is 4.79 Å². The molecule has 25 heavy (non-hydrogen) atoms. The summed E-state index contributed by atoms with van der Waals surface area (Å²) in [5, 5.41) is 6.43. The van der Waals surface area contributed by atoms with Crippen LogP contribution in [0, 0.1) is 5.82 Å². The van der Waals surface area contributed by atoms with Crippen LogP contribution in [0.5, 0.6) is 0 Å². The van der Waals surface area contributed by atoms with Crippen LogP contribution in [0.4, 0.5) is 10.1 Å². The Kier molecular flexibility index (Phi) is 4.74. The first-order valence-electron chi connectivity index (χ1n) is 7.56. The Balaban J connectivity index is 1.71. The maximum absolute atomic E-state index is 13.8. The van der Waals surface area contributed by atoms with E-state index in [4.69, 9.17) is 4.84 Å². The van der Waals surface area contributed by atoms with Crippen molar-refractivity contribution < 1.29 is 23.6 Å². The fourth-order valence-corrected chi connectivity index (χ4v) is 2.47. The van der Waals surface area contributed by atoms with Gasteiger partial charge in [-0.15, -0.1) is 0 Å². The second-order valence-corrected chi connectivity index (χ2v) is 5.34. The van der Waals surface area contributed by atoms with E-state index in [0.29, 0.717) is 17.0 Å². The number of hydrogen-bond acceptors (Lipinski definition) is 5. The van der Waals surface area contributed by atoms with Crippen molar-refractivity contribution in [3.05, 3.63) is 65.5 Å². The van der Waals surface area contributed by atoms with Crippen LogP contribution in [0.2, 0.25) is 0 Å². The number of nitrogens with one attached hydrogen (secondary N) is 1. The molecule has 7 heteroatoms. The van der Waals surface area contributed by atoms with Gasteiger partial charge in [0.25, 0.3) is 5.91 Å². The zero-order chi connectivity index (χ0) is 17.8. The maximum Gasteiger partial charge on any atom is 0.339 e. The van der Waals surface area contributed by atoms with E-state index in [1.807, 2.05) is 0 Å². The molecule has 0 saturated carbocycles. The first-order valence-corrected chi connectivity index (χ1v) is 7.56. The molecule has 0 unspecified atom stereocenters. The lowest BCUT2D eigenvalue weighted by atomic mass is 10.0. The number of esters is 1. The van der Waals surface area contributed by atoms with Crippen molar-refractivity contribution in [2.45, 2.75) is 12.5 Å². The zero-order valence-corrected chi connectivity index (χ0v) is 13.4. The van der Waals surface area contributed by atoms with E-state index in [-0.39, 0.29) is 12.0 Å². The highest BCUT2D eigenvalue weighted by molar-refractivity contribution is 6.07. The molecule has 128 valence electrons. The number of methoxy groups -OCH3 is 1. The standard InChI is InChI=1S/C18H15FN2O4/c1-24-18(23)12-7-3-5-9-14(12)20-17(22)16-10-15(21-25-16)11-6-2-4-8-13(11)19/h2-9,16H,10H2,1H3,(H,20,22)/t16-/m1/s1. The van der Waals surface area contributed by atoms with Gasteiger partial charge in [0.05, 0.1) is 24.1 Å². The van der Waals surface area contributed by atoms with Crippen LogP contribution < -0.4 is 5.32 Å². The zero-order valence-electron chi connectivity index (χ0n) is 13.4. The van der Waals surface area contributed by atoms with E-state index in [0.717, 1.165) is 0 Å². The Morgan fingerprint density at radius 1 is 1.20 bits per heavy atom. The highest BCUT2D eigenvalue weighted by Gasteiger charge is 2.30. The molecular formula is C18H15FN2O4. The number of carbonyl (C=O) groups is 2. The van der Waals surface area contributed by atoms with Crippen molar-refractivity contribution in [2.24, 2.45) is 5.16 Å². The number of rotatable bonds is 4. The van der Waals surface area contributed by atoms with E-state index in [1.54, 1.807) is 36.4 Å². The van der Waals surface area contributed by atoms with E-state index >= 15 is 0 Å².